The van der Waals surface area contributed by atoms with Crippen LogP contribution in [0.1, 0.15) is 16.7 Å². The van der Waals surface area contributed by atoms with E-state index >= 15 is 0 Å². The Balaban J connectivity index is 2.11. The summed E-state index contributed by atoms with van der Waals surface area (Å²) in [5.41, 5.74) is 0.720. The van der Waals surface area contributed by atoms with Crippen LogP contribution in [0.5, 0.6) is 0 Å². The molecule has 0 saturated carbocycles. The maximum atomic E-state index is 13.2. The average Bonchev–Trinajstić information content (AvgIpc) is 2.58. The van der Waals surface area contributed by atoms with Gasteiger partial charge in [-0.3, -0.25) is 0 Å². The number of hydrogen-bond acceptors (Lipinski definition) is 1. The minimum Gasteiger partial charge on any atom is -0.380 e. The molecule has 3 rings (SSSR count). The van der Waals surface area contributed by atoms with Gasteiger partial charge in [0.25, 0.3) is 0 Å². The Morgan fingerprint density at radius 1 is 0.833 bits per heavy atom. The van der Waals surface area contributed by atoms with Gasteiger partial charge in [-0.1, -0.05) is 65.7 Å². The lowest BCUT2D eigenvalue weighted by atomic mass is 9.81. The van der Waals surface area contributed by atoms with E-state index in [9.17, 15) is 9.50 Å². The Morgan fingerprint density at radius 2 is 1.46 bits per heavy atom. The summed E-state index contributed by atoms with van der Waals surface area (Å²) in [7, 11) is 0. The Kier molecular flexibility index (Phi) is 4.91. The standard InChI is InChI=1S/C20H15Cl2FO/c21-16-9-7-15(8-10-16)20(24,18-3-1-2-4-19(18)22)13-14-5-11-17(23)12-6-14/h1-12,24H,13H2. The lowest BCUT2D eigenvalue weighted by Gasteiger charge is -2.30. The zero-order valence-electron chi connectivity index (χ0n) is 12.7. The van der Waals surface area contributed by atoms with E-state index in [0.717, 1.165) is 5.56 Å². The second-order valence-electron chi connectivity index (χ2n) is 5.65. The molecule has 0 aliphatic carbocycles. The van der Waals surface area contributed by atoms with Gasteiger partial charge in [0.05, 0.1) is 0 Å². The molecule has 0 bridgehead atoms. The van der Waals surface area contributed by atoms with E-state index in [0.29, 0.717) is 21.2 Å². The van der Waals surface area contributed by atoms with E-state index in [-0.39, 0.29) is 12.2 Å². The largest absolute Gasteiger partial charge is 0.380 e. The van der Waals surface area contributed by atoms with Crippen LogP contribution in [0.2, 0.25) is 10.0 Å². The fourth-order valence-corrected chi connectivity index (χ4v) is 3.19. The van der Waals surface area contributed by atoms with Crippen molar-refractivity contribution in [1.82, 2.24) is 0 Å². The molecule has 1 N–H and O–H groups in total. The molecule has 0 fully saturated rings. The molecular weight excluding hydrogens is 346 g/mol. The predicted octanol–water partition coefficient (Wildman–Crippen LogP) is 5.61. The van der Waals surface area contributed by atoms with Crippen molar-refractivity contribution in [2.24, 2.45) is 0 Å². The molecule has 1 atom stereocenters. The van der Waals surface area contributed by atoms with Gasteiger partial charge in [0.1, 0.15) is 11.4 Å². The third-order valence-corrected chi connectivity index (χ3v) is 4.60. The first-order valence-electron chi connectivity index (χ1n) is 7.47. The maximum Gasteiger partial charge on any atom is 0.123 e. The fourth-order valence-electron chi connectivity index (χ4n) is 2.77. The lowest BCUT2D eigenvalue weighted by Crippen LogP contribution is -2.30. The lowest BCUT2D eigenvalue weighted by molar-refractivity contribution is 0.0812. The Morgan fingerprint density at radius 3 is 2.08 bits per heavy atom. The fraction of sp³-hybridized carbons (Fsp3) is 0.100. The van der Waals surface area contributed by atoms with E-state index < -0.39 is 5.60 Å². The van der Waals surface area contributed by atoms with Crippen LogP contribution in [0, 0.1) is 5.82 Å². The van der Waals surface area contributed by atoms with Gasteiger partial charge in [0.2, 0.25) is 0 Å². The molecule has 0 aromatic heterocycles. The summed E-state index contributed by atoms with van der Waals surface area (Å²) in [4.78, 5) is 0. The van der Waals surface area contributed by atoms with Crippen molar-refractivity contribution >= 4 is 23.2 Å². The van der Waals surface area contributed by atoms with Gasteiger partial charge in [0, 0.05) is 22.0 Å². The topological polar surface area (TPSA) is 20.2 Å². The predicted molar refractivity (Wildman–Crippen MR) is 96.0 cm³/mol. The van der Waals surface area contributed by atoms with Crippen LogP contribution < -0.4 is 0 Å². The zero-order chi connectivity index (χ0) is 17.2. The zero-order valence-corrected chi connectivity index (χ0v) is 14.2. The minimum absolute atomic E-state index is 0.263. The molecule has 24 heavy (non-hydrogen) atoms. The first kappa shape index (κ1) is 17.0. The Labute approximate surface area is 150 Å². The minimum atomic E-state index is -1.35. The van der Waals surface area contributed by atoms with Gasteiger partial charge >= 0.3 is 0 Å². The second-order valence-corrected chi connectivity index (χ2v) is 6.49. The first-order chi connectivity index (χ1) is 11.5. The van der Waals surface area contributed by atoms with Crippen molar-refractivity contribution in [2.75, 3.05) is 0 Å². The van der Waals surface area contributed by atoms with E-state index in [1.54, 1.807) is 48.5 Å². The van der Waals surface area contributed by atoms with Crippen LogP contribution in [-0.4, -0.2) is 5.11 Å². The van der Waals surface area contributed by atoms with Crippen molar-refractivity contribution < 1.29 is 9.50 Å². The molecular formula is C20H15Cl2FO. The highest BCUT2D eigenvalue weighted by Crippen LogP contribution is 2.37. The van der Waals surface area contributed by atoms with E-state index in [1.165, 1.54) is 12.1 Å². The van der Waals surface area contributed by atoms with E-state index in [1.807, 2.05) is 12.1 Å². The molecule has 122 valence electrons. The van der Waals surface area contributed by atoms with Crippen LogP contribution in [0.3, 0.4) is 0 Å². The third kappa shape index (κ3) is 3.46. The summed E-state index contributed by atoms with van der Waals surface area (Å²) >= 11 is 12.3. The van der Waals surface area contributed by atoms with Crippen LogP contribution in [-0.2, 0) is 12.0 Å². The van der Waals surface area contributed by atoms with Crippen molar-refractivity contribution in [3.8, 4) is 0 Å². The highest BCUT2D eigenvalue weighted by molar-refractivity contribution is 6.31. The summed E-state index contributed by atoms with van der Waals surface area (Å²) in [5.74, 6) is -0.313. The molecule has 1 unspecified atom stereocenters. The summed E-state index contributed by atoms with van der Waals surface area (Å²) < 4.78 is 13.2. The molecule has 0 spiro atoms. The highest BCUT2D eigenvalue weighted by atomic mass is 35.5. The molecule has 0 heterocycles. The van der Waals surface area contributed by atoms with Crippen LogP contribution in [0.15, 0.2) is 72.8 Å². The monoisotopic (exact) mass is 360 g/mol. The normalized spacial score (nSPS) is 13.5. The molecule has 4 heteroatoms. The summed E-state index contributed by atoms with van der Waals surface area (Å²) in [6.07, 6.45) is 0.263. The molecule has 3 aromatic carbocycles. The highest BCUT2D eigenvalue weighted by Gasteiger charge is 2.33. The first-order valence-corrected chi connectivity index (χ1v) is 8.22. The van der Waals surface area contributed by atoms with Crippen LogP contribution in [0.25, 0.3) is 0 Å². The SMILES string of the molecule is OC(Cc1ccc(F)cc1)(c1ccc(Cl)cc1)c1ccccc1Cl. The molecule has 0 aliphatic heterocycles. The molecule has 1 nitrogen and oxygen atoms in total. The van der Waals surface area contributed by atoms with E-state index in [2.05, 4.69) is 0 Å². The van der Waals surface area contributed by atoms with Gasteiger partial charge in [-0.05, 0) is 41.5 Å². The Hall–Kier alpha value is -1.87. The van der Waals surface area contributed by atoms with Crippen LogP contribution in [0.4, 0.5) is 4.39 Å². The molecule has 0 aliphatic rings. The average molecular weight is 361 g/mol. The third-order valence-electron chi connectivity index (χ3n) is 4.01. The summed E-state index contributed by atoms with van der Waals surface area (Å²) in [5, 5.41) is 12.6. The van der Waals surface area contributed by atoms with Gasteiger partial charge in [-0.2, -0.15) is 0 Å². The number of halogens is 3. The second kappa shape index (κ2) is 6.94. The van der Waals surface area contributed by atoms with Gasteiger partial charge in [0.15, 0.2) is 0 Å². The molecule has 3 aromatic rings. The molecule has 0 amide bonds. The van der Waals surface area contributed by atoms with E-state index in [4.69, 9.17) is 23.2 Å². The molecule has 0 radical (unpaired) electrons. The smallest absolute Gasteiger partial charge is 0.123 e. The maximum absolute atomic E-state index is 13.2. The van der Waals surface area contributed by atoms with Crippen LogP contribution >= 0.6 is 23.2 Å². The number of hydrogen-bond donors (Lipinski definition) is 1. The summed E-state index contributed by atoms with van der Waals surface area (Å²) in [6.45, 7) is 0. The van der Waals surface area contributed by atoms with Gasteiger partial charge < -0.3 is 5.11 Å². The Bertz CT molecular complexity index is 831. The molecule has 0 saturated heterocycles. The van der Waals surface area contributed by atoms with Gasteiger partial charge in [-0.25, -0.2) is 4.39 Å². The van der Waals surface area contributed by atoms with Gasteiger partial charge in [-0.15, -0.1) is 0 Å². The van der Waals surface area contributed by atoms with Crippen molar-refractivity contribution in [2.45, 2.75) is 12.0 Å². The number of benzene rings is 3. The summed E-state index contributed by atoms with van der Waals surface area (Å²) in [6, 6.07) is 20.2. The van der Waals surface area contributed by atoms with Crippen molar-refractivity contribution in [1.29, 1.82) is 0 Å². The van der Waals surface area contributed by atoms with Crippen molar-refractivity contribution in [3.05, 3.63) is 105 Å². The number of aliphatic hydroxyl groups is 1. The number of rotatable bonds is 4. The van der Waals surface area contributed by atoms with Crippen molar-refractivity contribution in [3.63, 3.8) is 0 Å². The quantitative estimate of drug-likeness (QED) is 0.640.